The van der Waals surface area contributed by atoms with Gasteiger partial charge in [0.15, 0.2) is 5.84 Å². The van der Waals surface area contributed by atoms with E-state index in [9.17, 15) is 0 Å². The van der Waals surface area contributed by atoms with Crippen LogP contribution in [0.5, 0.6) is 0 Å². The molecule has 5 heteroatoms. The van der Waals surface area contributed by atoms with E-state index in [1.54, 1.807) is 10.9 Å². The van der Waals surface area contributed by atoms with Gasteiger partial charge in [0.1, 0.15) is 0 Å². The van der Waals surface area contributed by atoms with Crippen LogP contribution in [-0.2, 0) is 0 Å². The fraction of sp³-hybridized carbons (Fsp3) is 0. The molecule has 5 nitrogen and oxygen atoms in total. The van der Waals surface area contributed by atoms with Crippen molar-refractivity contribution in [3.63, 3.8) is 0 Å². The van der Waals surface area contributed by atoms with Crippen LogP contribution in [0.2, 0.25) is 0 Å². The van der Waals surface area contributed by atoms with Crippen LogP contribution < -0.4 is 5.73 Å². The van der Waals surface area contributed by atoms with E-state index < -0.39 is 0 Å². The molecule has 3 aromatic rings. The Morgan fingerprint density at radius 3 is 2.58 bits per heavy atom. The van der Waals surface area contributed by atoms with Gasteiger partial charge in [0, 0.05) is 23.3 Å². The normalized spacial score (nSPS) is 11.9. The molecule has 0 aliphatic rings. The van der Waals surface area contributed by atoms with Crippen LogP contribution in [0.3, 0.4) is 0 Å². The predicted octanol–water partition coefficient (Wildman–Crippen LogP) is 2.12. The van der Waals surface area contributed by atoms with E-state index in [1.165, 1.54) is 0 Å². The second-order valence-corrected chi connectivity index (χ2v) is 4.11. The van der Waals surface area contributed by atoms with E-state index in [4.69, 9.17) is 10.9 Å². The lowest BCUT2D eigenvalue weighted by Crippen LogP contribution is -2.14. The number of benzene rings is 2. The summed E-state index contributed by atoms with van der Waals surface area (Å²) in [5.41, 5.74) is 7.36. The SMILES string of the molecule is N/C(=N/O)c1ccc(-n2cccn2)c2ccccc12. The van der Waals surface area contributed by atoms with E-state index in [-0.39, 0.29) is 5.84 Å². The molecule has 94 valence electrons. The van der Waals surface area contributed by atoms with Crippen LogP contribution in [0.25, 0.3) is 16.5 Å². The molecule has 0 aliphatic carbocycles. The first kappa shape index (κ1) is 11.3. The van der Waals surface area contributed by atoms with Crippen LogP contribution in [-0.4, -0.2) is 20.8 Å². The number of hydrogen-bond donors (Lipinski definition) is 2. The number of hydrogen-bond acceptors (Lipinski definition) is 3. The summed E-state index contributed by atoms with van der Waals surface area (Å²) in [6.45, 7) is 0. The average Bonchev–Trinajstić information content (AvgIpc) is 2.99. The van der Waals surface area contributed by atoms with E-state index in [1.807, 2.05) is 48.7 Å². The van der Waals surface area contributed by atoms with Gasteiger partial charge in [-0.1, -0.05) is 29.4 Å². The minimum atomic E-state index is 0.100. The maximum absolute atomic E-state index is 8.85. The molecule has 19 heavy (non-hydrogen) atoms. The lowest BCUT2D eigenvalue weighted by Gasteiger charge is -2.10. The lowest BCUT2D eigenvalue weighted by atomic mass is 10.0. The zero-order valence-electron chi connectivity index (χ0n) is 10.1. The van der Waals surface area contributed by atoms with E-state index >= 15 is 0 Å². The second kappa shape index (κ2) is 4.45. The first-order chi connectivity index (χ1) is 9.31. The molecule has 3 rings (SSSR count). The summed E-state index contributed by atoms with van der Waals surface area (Å²) in [4.78, 5) is 0. The summed E-state index contributed by atoms with van der Waals surface area (Å²) in [5.74, 6) is 0.100. The van der Waals surface area contributed by atoms with Crippen LogP contribution >= 0.6 is 0 Å². The first-order valence-electron chi connectivity index (χ1n) is 5.81. The molecule has 0 amide bonds. The Morgan fingerprint density at radius 2 is 1.89 bits per heavy atom. The summed E-state index contributed by atoms with van der Waals surface area (Å²) in [7, 11) is 0. The Balaban J connectivity index is 2.34. The molecule has 0 unspecified atom stereocenters. The van der Waals surface area contributed by atoms with Gasteiger partial charge in [0.05, 0.1) is 5.69 Å². The molecular weight excluding hydrogens is 240 g/mol. The third-order valence-corrected chi connectivity index (χ3v) is 3.04. The molecule has 0 spiro atoms. The highest BCUT2D eigenvalue weighted by Gasteiger charge is 2.09. The molecule has 2 aromatic carbocycles. The molecule has 0 bridgehead atoms. The highest BCUT2D eigenvalue weighted by atomic mass is 16.4. The van der Waals surface area contributed by atoms with Crippen molar-refractivity contribution in [3.8, 4) is 5.69 Å². The third kappa shape index (κ3) is 1.81. The predicted molar refractivity (Wildman–Crippen MR) is 73.6 cm³/mol. The zero-order chi connectivity index (χ0) is 13.2. The topological polar surface area (TPSA) is 76.4 Å². The lowest BCUT2D eigenvalue weighted by molar-refractivity contribution is 0.318. The number of oxime groups is 1. The van der Waals surface area contributed by atoms with Crippen molar-refractivity contribution >= 4 is 16.6 Å². The van der Waals surface area contributed by atoms with Gasteiger partial charge < -0.3 is 10.9 Å². The summed E-state index contributed by atoms with van der Waals surface area (Å²) in [6, 6.07) is 13.4. The Morgan fingerprint density at radius 1 is 1.11 bits per heavy atom. The summed E-state index contributed by atoms with van der Waals surface area (Å²) >= 11 is 0. The Labute approximate surface area is 109 Å². The molecule has 0 fully saturated rings. The maximum atomic E-state index is 8.85. The highest BCUT2D eigenvalue weighted by molar-refractivity contribution is 6.10. The quantitative estimate of drug-likeness (QED) is 0.317. The number of rotatable bonds is 2. The fourth-order valence-corrected chi connectivity index (χ4v) is 2.17. The Bertz CT molecular complexity index is 747. The number of nitrogens with two attached hydrogens (primary N) is 1. The van der Waals surface area contributed by atoms with E-state index in [0.717, 1.165) is 16.5 Å². The molecular formula is C14H12N4O. The number of fused-ring (bicyclic) bond motifs is 1. The van der Waals surface area contributed by atoms with Gasteiger partial charge in [-0.2, -0.15) is 5.10 Å². The molecule has 0 aliphatic heterocycles. The van der Waals surface area contributed by atoms with Gasteiger partial charge >= 0.3 is 0 Å². The van der Waals surface area contributed by atoms with Gasteiger partial charge in [-0.25, -0.2) is 4.68 Å². The third-order valence-electron chi connectivity index (χ3n) is 3.04. The van der Waals surface area contributed by atoms with Crippen molar-refractivity contribution in [1.82, 2.24) is 9.78 Å². The second-order valence-electron chi connectivity index (χ2n) is 4.11. The van der Waals surface area contributed by atoms with Crippen LogP contribution in [0.4, 0.5) is 0 Å². The number of nitrogens with zero attached hydrogens (tertiary/aromatic N) is 3. The highest BCUT2D eigenvalue weighted by Crippen LogP contribution is 2.25. The minimum absolute atomic E-state index is 0.100. The zero-order valence-corrected chi connectivity index (χ0v) is 10.1. The summed E-state index contributed by atoms with van der Waals surface area (Å²) < 4.78 is 1.79. The molecule has 1 heterocycles. The van der Waals surface area contributed by atoms with Crippen molar-refractivity contribution in [2.45, 2.75) is 0 Å². The molecule has 3 N–H and O–H groups in total. The van der Waals surface area contributed by atoms with Gasteiger partial charge in [-0.15, -0.1) is 0 Å². The van der Waals surface area contributed by atoms with Gasteiger partial charge in [-0.05, 0) is 23.6 Å². The average molecular weight is 252 g/mol. The van der Waals surface area contributed by atoms with Crippen molar-refractivity contribution in [3.05, 3.63) is 60.4 Å². The van der Waals surface area contributed by atoms with Crippen molar-refractivity contribution in [2.24, 2.45) is 10.9 Å². The monoisotopic (exact) mass is 252 g/mol. The van der Waals surface area contributed by atoms with Crippen molar-refractivity contribution in [1.29, 1.82) is 0 Å². The van der Waals surface area contributed by atoms with Gasteiger partial charge in [0.25, 0.3) is 0 Å². The van der Waals surface area contributed by atoms with Crippen LogP contribution in [0, 0.1) is 0 Å². The number of amidine groups is 1. The van der Waals surface area contributed by atoms with Crippen LogP contribution in [0.1, 0.15) is 5.56 Å². The van der Waals surface area contributed by atoms with Crippen molar-refractivity contribution in [2.75, 3.05) is 0 Å². The minimum Gasteiger partial charge on any atom is -0.409 e. The molecule has 0 atom stereocenters. The van der Waals surface area contributed by atoms with Gasteiger partial charge in [-0.3, -0.25) is 0 Å². The van der Waals surface area contributed by atoms with Crippen molar-refractivity contribution < 1.29 is 5.21 Å². The summed E-state index contributed by atoms with van der Waals surface area (Å²) in [6.07, 6.45) is 3.61. The first-order valence-corrected chi connectivity index (χ1v) is 5.81. The Hall–Kier alpha value is -2.82. The largest absolute Gasteiger partial charge is 0.409 e. The molecule has 1 aromatic heterocycles. The smallest absolute Gasteiger partial charge is 0.170 e. The standard InChI is InChI=1S/C14H12N4O/c15-14(17-19)12-6-7-13(18-9-3-8-16-18)11-5-2-1-4-10(11)12/h1-9,19H,(H2,15,17). The molecule has 0 saturated carbocycles. The van der Waals surface area contributed by atoms with E-state index in [0.29, 0.717) is 5.56 Å². The summed E-state index contributed by atoms with van der Waals surface area (Å²) in [5, 5.41) is 18.1. The van der Waals surface area contributed by atoms with Gasteiger partial charge in [0.2, 0.25) is 0 Å². The number of aromatic nitrogens is 2. The molecule has 0 radical (unpaired) electrons. The van der Waals surface area contributed by atoms with Crippen LogP contribution in [0.15, 0.2) is 60.0 Å². The Kier molecular flexibility index (Phi) is 2.64. The molecule has 0 saturated heterocycles. The van der Waals surface area contributed by atoms with E-state index in [2.05, 4.69) is 10.3 Å². The fourth-order valence-electron chi connectivity index (χ4n) is 2.17. The maximum Gasteiger partial charge on any atom is 0.170 e.